The van der Waals surface area contributed by atoms with E-state index in [2.05, 4.69) is 40.2 Å². The monoisotopic (exact) mass is 402 g/mol. The number of likely N-dealkylation sites (tertiary alicyclic amines) is 1. The van der Waals surface area contributed by atoms with Crippen LogP contribution in [-0.4, -0.2) is 30.6 Å². The average Bonchev–Trinajstić information content (AvgIpc) is 3.16. The number of fused-ring (bicyclic) bond motifs is 2. The summed E-state index contributed by atoms with van der Waals surface area (Å²) in [5.41, 5.74) is 4.80. The number of allylic oxidation sites excluding steroid dienone is 4. The fourth-order valence-electron chi connectivity index (χ4n) is 4.71. The fourth-order valence-corrected chi connectivity index (χ4v) is 4.71. The third kappa shape index (κ3) is 3.92. The summed E-state index contributed by atoms with van der Waals surface area (Å²) in [6, 6.07) is 15.7. The van der Waals surface area contributed by atoms with Crippen molar-refractivity contribution < 1.29 is 9.13 Å². The number of benzene rings is 2. The molecule has 1 aliphatic carbocycles. The lowest BCUT2D eigenvalue weighted by Crippen LogP contribution is -2.41. The predicted molar refractivity (Wildman–Crippen MR) is 119 cm³/mol. The molecule has 0 N–H and O–H groups in total. The Hall–Kier alpha value is -2.85. The summed E-state index contributed by atoms with van der Waals surface area (Å²) >= 11 is 0. The maximum Gasteiger partial charge on any atom is 0.150 e. The van der Waals surface area contributed by atoms with Gasteiger partial charge in [0.2, 0.25) is 0 Å². The van der Waals surface area contributed by atoms with Crippen LogP contribution in [0.15, 0.2) is 84.3 Å². The van der Waals surface area contributed by atoms with Gasteiger partial charge in [0.15, 0.2) is 0 Å². The second-order valence-electron chi connectivity index (χ2n) is 8.23. The molecule has 1 saturated heterocycles. The van der Waals surface area contributed by atoms with Gasteiger partial charge in [-0.05, 0) is 68.1 Å². The molecule has 30 heavy (non-hydrogen) atoms. The van der Waals surface area contributed by atoms with Gasteiger partial charge >= 0.3 is 0 Å². The van der Waals surface area contributed by atoms with Crippen LogP contribution in [-0.2, 0) is 6.42 Å². The molecule has 0 spiro atoms. The van der Waals surface area contributed by atoms with E-state index in [1.165, 1.54) is 29.7 Å². The van der Waals surface area contributed by atoms with Gasteiger partial charge in [-0.2, -0.15) is 0 Å². The van der Waals surface area contributed by atoms with Crippen LogP contribution in [0.2, 0.25) is 0 Å². The third-order valence-electron chi connectivity index (χ3n) is 6.33. The normalized spacial score (nSPS) is 20.7. The molecule has 2 aliphatic heterocycles. The number of rotatable bonds is 5. The van der Waals surface area contributed by atoms with Crippen LogP contribution in [0.4, 0.5) is 10.1 Å². The molecule has 0 bridgehead atoms. The van der Waals surface area contributed by atoms with Gasteiger partial charge in [-0.15, -0.1) is 0 Å². The van der Waals surface area contributed by atoms with E-state index in [0.717, 1.165) is 43.9 Å². The molecule has 1 unspecified atom stereocenters. The van der Waals surface area contributed by atoms with Crippen molar-refractivity contribution in [2.24, 2.45) is 0 Å². The highest BCUT2D eigenvalue weighted by Gasteiger charge is 2.30. The van der Waals surface area contributed by atoms with E-state index in [9.17, 15) is 4.39 Å². The van der Waals surface area contributed by atoms with Gasteiger partial charge < -0.3 is 9.64 Å². The predicted octanol–water partition coefficient (Wildman–Crippen LogP) is 5.46. The molecule has 0 amide bonds. The molecule has 2 aromatic carbocycles. The molecule has 4 heteroatoms. The highest BCUT2D eigenvalue weighted by Crippen LogP contribution is 2.39. The molecule has 2 heterocycles. The topological polar surface area (TPSA) is 15.7 Å². The third-order valence-corrected chi connectivity index (χ3v) is 6.33. The van der Waals surface area contributed by atoms with Crippen LogP contribution >= 0.6 is 0 Å². The van der Waals surface area contributed by atoms with Crippen LogP contribution in [0, 0.1) is 5.82 Å². The van der Waals surface area contributed by atoms with E-state index in [0.29, 0.717) is 6.04 Å². The molecular weight excluding hydrogens is 375 g/mol. The molecule has 3 nitrogen and oxygen atoms in total. The zero-order valence-corrected chi connectivity index (χ0v) is 17.1. The van der Waals surface area contributed by atoms with Crippen molar-refractivity contribution in [3.63, 3.8) is 0 Å². The van der Waals surface area contributed by atoms with Gasteiger partial charge in [-0.3, -0.25) is 4.90 Å². The van der Waals surface area contributed by atoms with Crippen molar-refractivity contribution in [1.82, 2.24) is 4.90 Å². The lowest BCUT2D eigenvalue weighted by atomic mass is 10.0. The molecular formula is C26H27FN2O. The van der Waals surface area contributed by atoms with Crippen molar-refractivity contribution in [2.75, 3.05) is 24.5 Å². The molecule has 154 valence electrons. The van der Waals surface area contributed by atoms with Gasteiger partial charge in [0.05, 0.1) is 11.9 Å². The Labute approximate surface area is 177 Å². The minimum Gasteiger partial charge on any atom is -0.462 e. The number of nitrogens with zero attached hydrogens (tertiary/aromatic N) is 2. The molecule has 1 fully saturated rings. The summed E-state index contributed by atoms with van der Waals surface area (Å²) in [6.45, 7) is 3.07. The Kier molecular flexibility index (Phi) is 5.41. The Balaban J connectivity index is 1.36. The smallest absolute Gasteiger partial charge is 0.150 e. The average molecular weight is 403 g/mol. The lowest BCUT2D eigenvalue weighted by molar-refractivity contribution is 0.260. The summed E-state index contributed by atoms with van der Waals surface area (Å²) in [4.78, 5) is 5.04. The minimum absolute atomic E-state index is 0.168. The molecule has 0 aromatic heterocycles. The van der Waals surface area contributed by atoms with Gasteiger partial charge in [-0.1, -0.05) is 36.4 Å². The van der Waals surface area contributed by atoms with Crippen LogP contribution in [0.25, 0.3) is 0 Å². The second-order valence-corrected chi connectivity index (χ2v) is 8.23. The zero-order valence-electron chi connectivity index (χ0n) is 17.1. The van der Waals surface area contributed by atoms with Crippen molar-refractivity contribution in [2.45, 2.75) is 31.7 Å². The minimum atomic E-state index is -0.168. The number of halogens is 1. The Morgan fingerprint density at radius 2 is 1.93 bits per heavy atom. The SMILES string of the molecule is Fc1ccc(CCN2CCCC2CN2C3=CC=CCC3=COc3ccccc32)cc1. The van der Waals surface area contributed by atoms with Crippen LogP contribution < -0.4 is 9.64 Å². The van der Waals surface area contributed by atoms with Crippen molar-refractivity contribution in [3.05, 3.63) is 95.7 Å². The molecule has 5 rings (SSSR count). The summed E-state index contributed by atoms with van der Waals surface area (Å²) in [6.07, 6.45) is 12.7. The maximum absolute atomic E-state index is 13.2. The van der Waals surface area contributed by atoms with Crippen molar-refractivity contribution in [1.29, 1.82) is 0 Å². The van der Waals surface area contributed by atoms with Gasteiger partial charge in [0, 0.05) is 30.4 Å². The Bertz CT molecular complexity index is 992. The van der Waals surface area contributed by atoms with Gasteiger partial charge in [0.25, 0.3) is 0 Å². The van der Waals surface area contributed by atoms with Crippen molar-refractivity contribution >= 4 is 5.69 Å². The highest BCUT2D eigenvalue weighted by molar-refractivity contribution is 5.67. The summed E-state index contributed by atoms with van der Waals surface area (Å²) in [5, 5.41) is 0. The van der Waals surface area contributed by atoms with Crippen LogP contribution in [0.5, 0.6) is 5.75 Å². The van der Waals surface area contributed by atoms with Crippen molar-refractivity contribution in [3.8, 4) is 5.75 Å². The molecule has 3 aliphatic rings. The van der Waals surface area contributed by atoms with E-state index in [-0.39, 0.29) is 5.82 Å². The zero-order chi connectivity index (χ0) is 20.3. The quantitative estimate of drug-likeness (QED) is 0.661. The van der Waals surface area contributed by atoms with E-state index in [1.54, 1.807) is 12.1 Å². The number of hydrogen-bond donors (Lipinski definition) is 0. The number of hydrogen-bond acceptors (Lipinski definition) is 3. The summed E-state index contributed by atoms with van der Waals surface area (Å²) in [7, 11) is 0. The number of anilines is 1. The first-order valence-electron chi connectivity index (χ1n) is 10.9. The Morgan fingerprint density at radius 3 is 2.83 bits per heavy atom. The maximum atomic E-state index is 13.2. The van der Waals surface area contributed by atoms with E-state index in [1.807, 2.05) is 30.5 Å². The molecule has 2 aromatic rings. The molecule has 0 saturated carbocycles. The van der Waals surface area contributed by atoms with E-state index < -0.39 is 0 Å². The first-order valence-corrected chi connectivity index (χ1v) is 10.9. The van der Waals surface area contributed by atoms with E-state index in [4.69, 9.17) is 4.74 Å². The molecule has 0 radical (unpaired) electrons. The van der Waals surface area contributed by atoms with E-state index >= 15 is 0 Å². The fraction of sp³-hybridized carbons (Fsp3) is 0.308. The number of ether oxygens (including phenoxy) is 1. The standard InChI is InChI=1S/C26H27FN2O/c27-22-13-11-20(12-14-22)15-17-28-16-5-7-23(28)18-29-24-8-2-1-6-21(24)19-30-26-10-4-3-9-25(26)29/h1-4,8-14,19,23H,5-7,15-18H2. The van der Waals surface area contributed by atoms with Crippen LogP contribution in [0.3, 0.4) is 0 Å². The molecule has 1 atom stereocenters. The largest absolute Gasteiger partial charge is 0.462 e. The summed E-state index contributed by atoms with van der Waals surface area (Å²) in [5.74, 6) is 0.745. The van der Waals surface area contributed by atoms with Crippen LogP contribution in [0.1, 0.15) is 24.8 Å². The summed E-state index contributed by atoms with van der Waals surface area (Å²) < 4.78 is 19.2. The lowest BCUT2D eigenvalue weighted by Gasteiger charge is -2.34. The second kappa shape index (κ2) is 8.49. The highest BCUT2D eigenvalue weighted by atomic mass is 19.1. The first-order chi connectivity index (χ1) is 14.8. The first kappa shape index (κ1) is 19.1. The van der Waals surface area contributed by atoms with Gasteiger partial charge in [0.1, 0.15) is 11.6 Å². The Morgan fingerprint density at radius 1 is 1.07 bits per heavy atom. The van der Waals surface area contributed by atoms with Gasteiger partial charge in [-0.25, -0.2) is 4.39 Å². The number of para-hydroxylation sites is 2.